The summed E-state index contributed by atoms with van der Waals surface area (Å²) in [6.45, 7) is 0.610. The summed E-state index contributed by atoms with van der Waals surface area (Å²) in [7, 11) is 0. The van der Waals surface area contributed by atoms with E-state index in [4.69, 9.17) is 11.5 Å². The number of rotatable bonds is 1. The van der Waals surface area contributed by atoms with E-state index in [2.05, 4.69) is 5.10 Å². The van der Waals surface area contributed by atoms with Crippen LogP contribution in [0.3, 0.4) is 0 Å². The first kappa shape index (κ1) is 8.74. The largest absolute Gasteiger partial charge is 0.395 e. The Morgan fingerprint density at radius 3 is 2.79 bits per heavy atom. The van der Waals surface area contributed by atoms with Crippen molar-refractivity contribution in [2.24, 2.45) is 5.73 Å². The van der Waals surface area contributed by atoms with Crippen LogP contribution in [0, 0.1) is 0 Å². The van der Waals surface area contributed by atoms with Crippen LogP contribution in [0.4, 0.5) is 5.69 Å². The fourth-order valence-corrected chi connectivity index (χ4v) is 1.62. The zero-order valence-electron chi connectivity index (χ0n) is 7.49. The molecule has 0 saturated heterocycles. The molecule has 14 heavy (non-hydrogen) atoms. The van der Waals surface area contributed by atoms with Crippen molar-refractivity contribution in [1.82, 2.24) is 9.78 Å². The Hall–Kier alpha value is -1.85. The molecular formula is C8H10N4O2. The number of amides is 1. The summed E-state index contributed by atoms with van der Waals surface area (Å²) in [6, 6.07) is 0. The lowest BCUT2D eigenvalue weighted by molar-refractivity contribution is 0.0949. The number of aryl methyl sites for hydroxylation is 1. The molecule has 1 amide bonds. The number of ketones is 1. The molecule has 0 aromatic carbocycles. The number of hydrogen-bond donors (Lipinski definition) is 2. The lowest BCUT2D eigenvalue weighted by Crippen LogP contribution is -2.18. The van der Waals surface area contributed by atoms with E-state index < -0.39 is 5.91 Å². The summed E-state index contributed by atoms with van der Waals surface area (Å²) in [5.41, 5.74) is 11.1. The van der Waals surface area contributed by atoms with E-state index in [1.54, 1.807) is 0 Å². The normalized spacial score (nSPS) is 15.3. The lowest BCUT2D eigenvalue weighted by Gasteiger charge is -2.11. The van der Waals surface area contributed by atoms with Gasteiger partial charge < -0.3 is 11.5 Å². The summed E-state index contributed by atoms with van der Waals surface area (Å²) < 4.78 is 1.46. The number of anilines is 1. The predicted molar refractivity (Wildman–Crippen MR) is 48.7 cm³/mol. The van der Waals surface area contributed by atoms with E-state index in [1.165, 1.54) is 4.68 Å². The summed E-state index contributed by atoms with van der Waals surface area (Å²) in [5.74, 6) is -0.772. The van der Waals surface area contributed by atoms with Crippen molar-refractivity contribution >= 4 is 17.4 Å². The smallest absolute Gasteiger partial charge is 0.271 e. The molecule has 0 bridgehead atoms. The first-order valence-corrected chi connectivity index (χ1v) is 4.30. The SMILES string of the molecule is NC(=O)c1nn2c(c1N)C(=O)CCC2. The number of carbonyl (C=O) groups excluding carboxylic acids is 2. The molecule has 2 rings (SSSR count). The quantitative estimate of drug-likeness (QED) is 0.631. The van der Waals surface area contributed by atoms with E-state index in [-0.39, 0.29) is 17.2 Å². The predicted octanol–water partition coefficient (Wildman–Crippen LogP) is -0.459. The van der Waals surface area contributed by atoms with Gasteiger partial charge in [0.2, 0.25) is 0 Å². The van der Waals surface area contributed by atoms with Gasteiger partial charge >= 0.3 is 0 Å². The number of primary amides is 1. The average Bonchev–Trinajstić information content (AvgIpc) is 2.45. The molecule has 0 fully saturated rings. The van der Waals surface area contributed by atoms with Crippen LogP contribution in [0.15, 0.2) is 0 Å². The fraction of sp³-hybridized carbons (Fsp3) is 0.375. The molecule has 6 nitrogen and oxygen atoms in total. The standard InChI is InChI=1S/C8H10N4O2/c9-5-6(8(10)14)11-12-3-1-2-4(13)7(5)12/h1-3,9H2,(H2,10,14). The highest BCUT2D eigenvalue weighted by molar-refractivity contribution is 6.06. The maximum Gasteiger partial charge on any atom is 0.271 e. The molecule has 74 valence electrons. The molecule has 1 aliphatic heterocycles. The fourth-order valence-electron chi connectivity index (χ4n) is 1.62. The molecule has 1 aliphatic rings. The summed E-state index contributed by atoms with van der Waals surface area (Å²) >= 11 is 0. The van der Waals surface area contributed by atoms with Crippen LogP contribution in [0.25, 0.3) is 0 Å². The van der Waals surface area contributed by atoms with Crippen molar-refractivity contribution in [1.29, 1.82) is 0 Å². The van der Waals surface area contributed by atoms with Crippen molar-refractivity contribution in [3.05, 3.63) is 11.4 Å². The monoisotopic (exact) mass is 194 g/mol. The van der Waals surface area contributed by atoms with Crippen LogP contribution >= 0.6 is 0 Å². The van der Waals surface area contributed by atoms with Crippen LogP contribution in [0.2, 0.25) is 0 Å². The number of aromatic nitrogens is 2. The molecular weight excluding hydrogens is 184 g/mol. The zero-order valence-corrected chi connectivity index (χ0v) is 7.49. The molecule has 0 aliphatic carbocycles. The molecule has 0 spiro atoms. The van der Waals surface area contributed by atoms with Gasteiger partial charge in [-0.3, -0.25) is 14.3 Å². The topological polar surface area (TPSA) is 104 Å². The Bertz CT molecular complexity index is 421. The molecule has 4 N–H and O–H groups in total. The van der Waals surface area contributed by atoms with Crippen molar-refractivity contribution < 1.29 is 9.59 Å². The van der Waals surface area contributed by atoms with E-state index in [0.29, 0.717) is 18.7 Å². The van der Waals surface area contributed by atoms with Crippen molar-refractivity contribution in [2.45, 2.75) is 19.4 Å². The first-order valence-electron chi connectivity index (χ1n) is 4.30. The Kier molecular flexibility index (Phi) is 1.77. The zero-order chi connectivity index (χ0) is 10.3. The van der Waals surface area contributed by atoms with Gasteiger partial charge in [-0.25, -0.2) is 0 Å². The molecule has 1 aromatic rings. The third-order valence-electron chi connectivity index (χ3n) is 2.26. The molecule has 1 aromatic heterocycles. The van der Waals surface area contributed by atoms with E-state index in [0.717, 1.165) is 6.42 Å². The molecule has 0 radical (unpaired) electrons. The van der Waals surface area contributed by atoms with E-state index >= 15 is 0 Å². The van der Waals surface area contributed by atoms with Crippen LogP contribution < -0.4 is 11.5 Å². The van der Waals surface area contributed by atoms with Gasteiger partial charge in [0.1, 0.15) is 5.69 Å². The first-order chi connectivity index (χ1) is 6.61. The van der Waals surface area contributed by atoms with E-state index in [9.17, 15) is 9.59 Å². The van der Waals surface area contributed by atoms with Crippen LogP contribution in [-0.4, -0.2) is 21.5 Å². The molecule has 6 heteroatoms. The Morgan fingerprint density at radius 2 is 2.21 bits per heavy atom. The highest BCUT2D eigenvalue weighted by Crippen LogP contribution is 2.23. The Morgan fingerprint density at radius 1 is 1.50 bits per heavy atom. The van der Waals surface area contributed by atoms with Gasteiger partial charge in [0.25, 0.3) is 5.91 Å². The van der Waals surface area contributed by atoms with Crippen LogP contribution in [0.5, 0.6) is 0 Å². The molecule has 0 saturated carbocycles. The lowest BCUT2D eigenvalue weighted by atomic mass is 10.1. The Labute approximate surface area is 79.9 Å². The highest BCUT2D eigenvalue weighted by Gasteiger charge is 2.26. The second-order valence-electron chi connectivity index (χ2n) is 3.23. The van der Waals surface area contributed by atoms with Crippen LogP contribution in [0.1, 0.15) is 33.8 Å². The van der Waals surface area contributed by atoms with Crippen molar-refractivity contribution in [3.8, 4) is 0 Å². The number of hydrogen-bond acceptors (Lipinski definition) is 4. The molecule has 2 heterocycles. The summed E-state index contributed by atoms with van der Waals surface area (Å²) in [6.07, 6.45) is 1.18. The molecule has 0 atom stereocenters. The maximum atomic E-state index is 11.4. The van der Waals surface area contributed by atoms with Crippen molar-refractivity contribution in [2.75, 3.05) is 5.73 Å². The number of nitrogen functional groups attached to an aromatic ring is 1. The molecule has 0 unspecified atom stereocenters. The maximum absolute atomic E-state index is 11.4. The number of nitrogens with two attached hydrogens (primary N) is 2. The van der Waals surface area contributed by atoms with Crippen molar-refractivity contribution in [3.63, 3.8) is 0 Å². The second kappa shape index (κ2) is 2.83. The van der Waals surface area contributed by atoms with Gasteiger partial charge in [0.05, 0.1) is 5.69 Å². The van der Waals surface area contributed by atoms with Gasteiger partial charge in [0.15, 0.2) is 11.5 Å². The number of carbonyl (C=O) groups is 2. The summed E-state index contributed by atoms with van der Waals surface area (Å²) in [4.78, 5) is 22.4. The third kappa shape index (κ3) is 1.07. The van der Waals surface area contributed by atoms with Gasteiger partial charge in [0, 0.05) is 13.0 Å². The number of nitrogens with zero attached hydrogens (tertiary/aromatic N) is 2. The minimum atomic E-state index is -0.697. The average molecular weight is 194 g/mol. The third-order valence-corrected chi connectivity index (χ3v) is 2.26. The second-order valence-corrected chi connectivity index (χ2v) is 3.23. The van der Waals surface area contributed by atoms with Gasteiger partial charge in [-0.1, -0.05) is 0 Å². The van der Waals surface area contributed by atoms with Gasteiger partial charge in [-0.05, 0) is 6.42 Å². The summed E-state index contributed by atoms with van der Waals surface area (Å²) in [5, 5.41) is 3.90. The highest BCUT2D eigenvalue weighted by atomic mass is 16.1. The number of Topliss-reactive ketones (excluding diaryl/α,β-unsaturated/α-hetero) is 1. The Balaban J connectivity index is 2.60. The van der Waals surface area contributed by atoms with Gasteiger partial charge in [-0.15, -0.1) is 0 Å². The minimum absolute atomic E-state index is 0.00440. The number of fused-ring (bicyclic) bond motifs is 1. The minimum Gasteiger partial charge on any atom is -0.395 e. The van der Waals surface area contributed by atoms with Gasteiger partial charge in [-0.2, -0.15) is 5.10 Å². The van der Waals surface area contributed by atoms with E-state index in [1.807, 2.05) is 0 Å². The van der Waals surface area contributed by atoms with Crippen LogP contribution in [-0.2, 0) is 6.54 Å².